The number of benzene rings is 2. The Hall–Kier alpha value is -2.53. The van der Waals surface area contributed by atoms with Gasteiger partial charge in [-0.2, -0.15) is 5.10 Å². The molecule has 0 aliphatic carbocycles. The van der Waals surface area contributed by atoms with Crippen LogP contribution >= 0.6 is 15.9 Å². The highest BCUT2D eigenvalue weighted by Gasteiger charge is 2.08. The van der Waals surface area contributed by atoms with Gasteiger partial charge in [0.15, 0.2) is 0 Å². The average molecular weight is 368 g/mol. The Balaban J connectivity index is 1.71. The first kappa shape index (κ1) is 15.4. The Morgan fingerprint density at radius 1 is 1.13 bits per heavy atom. The number of nitrogens with zero attached hydrogens (tertiary/aromatic N) is 2. The van der Waals surface area contributed by atoms with Crippen LogP contribution in [0.3, 0.4) is 0 Å². The predicted octanol–water partition coefficient (Wildman–Crippen LogP) is 3.69. The van der Waals surface area contributed by atoms with E-state index < -0.39 is 0 Å². The summed E-state index contributed by atoms with van der Waals surface area (Å²) in [5, 5.41) is 6.12. The lowest BCUT2D eigenvalue weighted by Crippen LogP contribution is -2.19. The van der Waals surface area contributed by atoms with Gasteiger partial charge < -0.3 is 0 Å². The molecule has 0 spiro atoms. The third kappa shape index (κ3) is 3.81. The molecule has 3 rings (SSSR count). The Bertz CT molecular complexity index is 863. The molecule has 0 aliphatic rings. The summed E-state index contributed by atoms with van der Waals surface area (Å²) in [5.74, 6) is -0.155. The van der Waals surface area contributed by atoms with Gasteiger partial charge in [-0.25, -0.2) is 5.43 Å². The van der Waals surface area contributed by atoms with E-state index in [-0.39, 0.29) is 12.3 Å². The van der Waals surface area contributed by atoms with Crippen molar-refractivity contribution in [2.75, 3.05) is 0 Å². The van der Waals surface area contributed by atoms with E-state index in [2.05, 4.69) is 31.4 Å². The summed E-state index contributed by atoms with van der Waals surface area (Å²) in [6, 6.07) is 15.6. The fourth-order valence-corrected chi connectivity index (χ4v) is 2.80. The van der Waals surface area contributed by atoms with Crippen molar-refractivity contribution in [2.45, 2.75) is 6.42 Å². The molecule has 0 saturated carbocycles. The number of carbonyl (C=O) groups excluding carboxylic acids is 1. The first-order valence-electron chi connectivity index (χ1n) is 7.12. The molecule has 0 atom stereocenters. The molecule has 114 valence electrons. The molecular formula is C18H14BrN3O. The highest BCUT2D eigenvalue weighted by Crippen LogP contribution is 2.27. The van der Waals surface area contributed by atoms with E-state index in [4.69, 9.17) is 0 Å². The molecule has 0 bridgehead atoms. The van der Waals surface area contributed by atoms with Crippen LogP contribution in [0.25, 0.3) is 10.8 Å². The molecule has 1 aromatic heterocycles. The number of hydrogen-bond donors (Lipinski definition) is 1. The van der Waals surface area contributed by atoms with Crippen molar-refractivity contribution in [2.24, 2.45) is 5.10 Å². The molecule has 0 saturated heterocycles. The first-order valence-corrected chi connectivity index (χ1v) is 7.91. The highest BCUT2D eigenvalue weighted by molar-refractivity contribution is 9.10. The monoisotopic (exact) mass is 367 g/mol. The molecule has 0 unspecified atom stereocenters. The van der Waals surface area contributed by atoms with Crippen molar-refractivity contribution < 1.29 is 4.79 Å². The lowest BCUT2D eigenvalue weighted by Gasteiger charge is -2.07. The first-order chi connectivity index (χ1) is 11.2. The molecule has 0 radical (unpaired) electrons. The van der Waals surface area contributed by atoms with Gasteiger partial charge in [-0.3, -0.25) is 9.78 Å². The molecule has 0 aliphatic heterocycles. The molecule has 23 heavy (non-hydrogen) atoms. The van der Waals surface area contributed by atoms with Gasteiger partial charge in [0, 0.05) is 22.4 Å². The number of carbonyl (C=O) groups is 1. The maximum atomic E-state index is 12.1. The fourth-order valence-electron chi connectivity index (χ4n) is 2.32. The normalized spacial score (nSPS) is 11.0. The third-order valence-electron chi connectivity index (χ3n) is 3.40. The summed E-state index contributed by atoms with van der Waals surface area (Å²) in [4.78, 5) is 16.1. The summed E-state index contributed by atoms with van der Waals surface area (Å²) in [6.07, 6.45) is 5.22. The zero-order valence-electron chi connectivity index (χ0n) is 12.2. The van der Waals surface area contributed by atoms with Crippen LogP contribution in [0.4, 0.5) is 0 Å². The number of amides is 1. The maximum Gasteiger partial charge on any atom is 0.244 e. The zero-order valence-corrected chi connectivity index (χ0v) is 13.8. The minimum atomic E-state index is -0.155. The largest absolute Gasteiger partial charge is 0.273 e. The standard InChI is InChI=1S/C18H14BrN3O/c19-17-8-7-14(15-5-1-2-6-16(15)17)10-18(23)22-21-12-13-4-3-9-20-11-13/h1-9,11-12H,10H2,(H,22,23). The van der Waals surface area contributed by atoms with Crippen molar-refractivity contribution >= 4 is 38.8 Å². The quantitative estimate of drug-likeness (QED) is 0.564. The summed E-state index contributed by atoms with van der Waals surface area (Å²) >= 11 is 3.54. The van der Waals surface area contributed by atoms with Gasteiger partial charge in [-0.05, 0) is 28.5 Å². The number of nitrogens with one attached hydrogen (secondary N) is 1. The van der Waals surface area contributed by atoms with Crippen LogP contribution < -0.4 is 5.43 Å². The summed E-state index contributed by atoms with van der Waals surface area (Å²) in [6.45, 7) is 0. The molecule has 2 aromatic carbocycles. The van der Waals surface area contributed by atoms with Gasteiger partial charge in [0.25, 0.3) is 0 Å². The Morgan fingerprint density at radius 2 is 1.96 bits per heavy atom. The van der Waals surface area contributed by atoms with Gasteiger partial charge in [0.05, 0.1) is 12.6 Å². The van der Waals surface area contributed by atoms with Gasteiger partial charge in [-0.15, -0.1) is 0 Å². The molecule has 3 aromatic rings. The van der Waals surface area contributed by atoms with E-state index in [9.17, 15) is 4.79 Å². The lowest BCUT2D eigenvalue weighted by molar-refractivity contribution is -0.120. The molecule has 1 N–H and O–H groups in total. The minimum absolute atomic E-state index is 0.155. The van der Waals surface area contributed by atoms with E-state index in [0.29, 0.717) is 0 Å². The van der Waals surface area contributed by atoms with Gasteiger partial charge >= 0.3 is 0 Å². The molecular weight excluding hydrogens is 354 g/mol. The van der Waals surface area contributed by atoms with Crippen LogP contribution in [-0.4, -0.2) is 17.1 Å². The summed E-state index contributed by atoms with van der Waals surface area (Å²) < 4.78 is 1.02. The van der Waals surface area contributed by atoms with Crippen LogP contribution in [0, 0.1) is 0 Å². The average Bonchev–Trinajstić information content (AvgIpc) is 2.59. The van der Waals surface area contributed by atoms with Crippen LogP contribution in [0.5, 0.6) is 0 Å². The van der Waals surface area contributed by atoms with Crippen molar-refractivity contribution in [1.29, 1.82) is 0 Å². The number of aromatic nitrogens is 1. The van der Waals surface area contributed by atoms with Crippen molar-refractivity contribution in [1.82, 2.24) is 10.4 Å². The second kappa shape index (κ2) is 7.15. The second-order valence-electron chi connectivity index (χ2n) is 5.01. The number of hydrazone groups is 1. The molecule has 1 amide bonds. The SMILES string of the molecule is O=C(Cc1ccc(Br)c2ccccc12)NN=Cc1cccnc1. The Morgan fingerprint density at radius 3 is 2.74 bits per heavy atom. The fraction of sp³-hybridized carbons (Fsp3) is 0.0556. The van der Waals surface area contributed by atoms with Crippen LogP contribution in [0.2, 0.25) is 0 Å². The van der Waals surface area contributed by atoms with Crippen LogP contribution in [0.1, 0.15) is 11.1 Å². The summed E-state index contributed by atoms with van der Waals surface area (Å²) in [5.41, 5.74) is 4.36. The van der Waals surface area contributed by atoms with Crippen molar-refractivity contribution in [3.63, 3.8) is 0 Å². The Labute approximate surface area is 142 Å². The number of fused-ring (bicyclic) bond motifs is 1. The number of halogens is 1. The van der Waals surface area contributed by atoms with E-state index in [1.54, 1.807) is 18.6 Å². The van der Waals surface area contributed by atoms with E-state index >= 15 is 0 Å². The molecule has 5 heteroatoms. The third-order valence-corrected chi connectivity index (χ3v) is 4.09. The molecule has 4 nitrogen and oxygen atoms in total. The zero-order chi connectivity index (χ0) is 16.1. The van der Waals surface area contributed by atoms with Crippen LogP contribution in [-0.2, 0) is 11.2 Å². The highest BCUT2D eigenvalue weighted by atomic mass is 79.9. The predicted molar refractivity (Wildman–Crippen MR) is 95.3 cm³/mol. The smallest absolute Gasteiger partial charge is 0.244 e. The maximum absolute atomic E-state index is 12.1. The second-order valence-corrected chi connectivity index (χ2v) is 5.86. The van der Waals surface area contributed by atoms with Crippen molar-refractivity contribution in [3.05, 3.63) is 76.5 Å². The molecule has 0 fully saturated rings. The minimum Gasteiger partial charge on any atom is -0.273 e. The van der Waals surface area contributed by atoms with Gasteiger partial charge in [-0.1, -0.05) is 52.3 Å². The van der Waals surface area contributed by atoms with E-state index in [1.807, 2.05) is 48.5 Å². The van der Waals surface area contributed by atoms with E-state index in [1.165, 1.54) is 0 Å². The summed E-state index contributed by atoms with van der Waals surface area (Å²) in [7, 11) is 0. The van der Waals surface area contributed by atoms with Gasteiger partial charge in [0.1, 0.15) is 0 Å². The number of rotatable bonds is 4. The van der Waals surface area contributed by atoms with Crippen molar-refractivity contribution in [3.8, 4) is 0 Å². The van der Waals surface area contributed by atoms with E-state index in [0.717, 1.165) is 26.4 Å². The van der Waals surface area contributed by atoms with Crippen LogP contribution in [0.15, 0.2) is 70.5 Å². The van der Waals surface area contributed by atoms with Gasteiger partial charge in [0.2, 0.25) is 5.91 Å². The molecule has 1 heterocycles. The number of hydrogen-bond acceptors (Lipinski definition) is 3. The number of pyridine rings is 1. The topological polar surface area (TPSA) is 54.4 Å². The Kier molecular flexibility index (Phi) is 4.78. The lowest BCUT2D eigenvalue weighted by atomic mass is 10.0.